The van der Waals surface area contributed by atoms with Crippen LogP contribution in [0.2, 0.25) is 0 Å². The molecular formula is C7H10NO2S. The normalized spacial score (nSPS) is 8.45. The molecule has 0 spiro atoms. The summed E-state index contributed by atoms with van der Waals surface area (Å²) < 4.78 is 4.72. The molecule has 0 unspecified atom stereocenters. The lowest BCUT2D eigenvalue weighted by atomic mass is 10.4. The molecule has 0 amide bonds. The standard InChI is InChI=1S/C7H10NO2S/c1-6(2)7(9)10-4-3-8-5-11/h1,3-4H2,2H3,(H,8,11). The molecule has 0 aliphatic rings. The Bertz CT molecular complexity index is 168. The summed E-state index contributed by atoms with van der Waals surface area (Å²) in [5.41, 5.74) is 2.69. The molecular weight excluding hydrogens is 162 g/mol. The van der Waals surface area contributed by atoms with Gasteiger partial charge in [-0.15, -0.1) is 0 Å². The lowest BCUT2D eigenvalue weighted by molar-refractivity contribution is -0.138. The van der Waals surface area contributed by atoms with Crippen LogP contribution in [0.1, 0.15) is 6.92 Å². The van der Waals surface area contributed by atoms with Gasteiger partial charge >= 0.3 is 5.97 Å². The van der Waals surface area contributed by atoms with E-state index in [0.717, 1.165) is 0 Å². The first kappa shape index (κ1) is 10.1. The number of carbonyl (C=O) groups excluding carboxylic acids is 1. The van der Waals surface area contributed by atoms with E-state index >= 15 is 0 Å². The number of ether oxygens (including phenoxy) is 1. The van der Waals surface area contributed by atoms with Crippen LogP contribution >= 0.6 is 12.2 Å². The number of esters is 1. The Kier molecular flexibility index (Phi) is 5.37. The van der Waals surface area contributed by atoms with Crippen LogP contribution in [-0.2, 0) is 9.53 Å². The predicted molar refractivity (Wildman–Crippen MR) is 46.4 cm³/mol. The molecule has 0 saturated heterocycles. The van der Waals surface area contributed by atoms with E-state index in [4.69, 9.17) is 4.74 Å². The van der Waals surface area contributed by atoms with Gasteiger partial charge in [0, 0.05) is 12.1 Å². The smallest absolute Gasteiger partial charge is 0.333 e. The Balaban J connectivity index is 3.31. The number of hydrogen-bond donors (Lipinski definition) is 1. The molecule has 4 heteroatoms. The van der Waals surface area contributed by atoms with Crippen LogP contribution in [-0.4, -0.2) is 24.6 Å². The molecule has 0 aliphatic heterocycles. The maximum absolute atomic E-state index is 10.7. The minimum atomic E-state index is -0.379. The highest BCUT2D eigenvalue weighted by molar-refractivity contribution is 7.78. The summed E-state index contributed by atoms with van der Waals surface area (Å²) in [7, 11) is 0. The van der Waals surface area contributed by atoms with E-state index in [1.165, 1.54) is 0 Å². The Morgan fingerprint density at radius 1 is 1.82 bits per heavy atom. The van der Waals surface area contributed by atoms with Crippen molar-refractivity contribution in [3.8, 4) is 0 Å². The molecule has 0 aliphatic carbocycles. The van der Waals surface area contributed by atoms with Crippen molar-refractivity contribution in [2.45, 2.75) is 6.92 Å². The molecule has 1 N–H and O–H groups in total. The average molecular weight is 172 g/mol. The molecule has 0 fully saturated rings. The molecule has 3 nitrogen and oxygen atoms in total. The zero-order chi connectivity index (χ0) is 8.69. The first-order valence-electron chi connectivity index (χ1n) is 3.11. The third-order valence-electron chi connectivity index (χ3n) is 0.881. The highest BCUT2D eigenvalue weighted by atomic mass is 32.1. The van der Waals surface area contributed by atoms with Gasteiger partial charge in [0.1, 0.15) is 12.1 Å². The molecule has 0 saturated carbocycles. The highest BCUT2D eigenvalue weighted by Gasteiger charge is 2.00. The zero-order valence-corrected chi connectivity index (χ0v) is 7.16. The van der Waals surface area contributed by atoms with E-state index in [-0.39, 0.29) is 12.6 Å². The Hall–Kier alpha value is -0.900. The van der Waals surface area contributed by atoms with Crippen molar-refractivity contribution in [1.82, 2.24) is 5.32 Å². The van der Waals surface area contributed by atoms with Gasteiger partial charge in [0.25, 0.3) is 0 Å². The van der Waals surface area contributed by atoms with Crippen molar-refractivity contribution in [3.05, 3.63) is 12.2 Å². The van der Waals surface area contributed by atoms with Gasteiger partial charge in [-0.1, -0.05) is 18.8 Å². The molecule has 11 heavy (non-hydrogen) atoms. The minimum absolute atomic E-state index is 0.287. The molecule has 0 heterocycles. The maximum Gasteiger partial charge on any atom is 0.333 e. The zero-order valence-electron chi connectivity index (χ0n) is 6.35. The molecule has 1 radical (unpaired) electrons. The van der Waals surface area contributed by atoms with Gasteiger partial charge in [0.15, 0.2) is 0 Å². The lowest BCUT2D eigenvalue weighted by Gasteiger charge is -2.02. The van der Waals surface area contributed by atoms with Crippen molar-refractivity contribution in [2.75, 3.05) is 13.2 Å². The Labute approximate surface area is 71.4 Å². The molecule has 0 aromatic carbocycles. The van der Waals surface area contributed by atoms with E-state index in [1.807, 2.05) is 0 Å². The Morgan fingerprint density at radius 2 is 2.45 bits per heavy atom. The summed E-state index contributed by atoms with van der Waals surface area (Å²) in [4.78, 5) is 10.7. The molecule has 61 valence electrons. The molecule has 0 aromatic rings. The highest BCUT2D eigenvalue weighted by Crippen LogP contribution is 1.90. The van der Waals surface area contributed by atoms with E-state index in [2.05, 4.69) is 29.6 Å². The summed E-state index contributed by atoms with van der Waals surface area (Å²) in [6, 6.07) is 0. The molecule has 0 atom stereocenters. The quantitative estimate of drug-likeness (QED) is 0.216. The van der Waals surface area contributed by atoms with Gasteiger partial charge in [0.05, 0.1) is 0 Å². The van der Waals surface area contributed by atoms with Crippen molar-refractivity contribution < 1.29 is 9.53 Å². The van der Waals surface area contributed by atoms with Crippen LogP contribution in [0.25, 0.3) is 0 Å². The van der Waals surface area contributed by atoms with Gasteiger partial charge in [0.2, 0.25) is 0 Å². The number of hydrogen-bond acceptors (Lipinski definition) is 3. The van der Waals surface area contributed by atoms with E-state index < -0.39 is 0 Å². The van der Waals surface area contributed by atoms with Crippen LogP contribution in [0, 0.1) is 0 Å². The Morgan fingerprint density at radius 3 is 2.91 bits per heavy atom. The first-order valence-corrected chi connectivity index (χ1v) is 3.52. The maximum atomic E-state index is 10.7. The third-order valence-corrected chi connectivity index (χ3v) is 1.03. The van der Waals surface area contributed by atoms with Gasteiger partial charge in [-0.3, -0.25) is 0 Å². The summed E-state index contributed by atoms with van der Waals surface area (Å²) in [5.74, 6) is -0.379. The third kappa shape index (κ3) is 5.54. The van der Waals surface area contributed by atoms with Crippen molar-refractivity contribution in [3.63, 3.8) is 0 Å². The number of nitrogens with one attached hydrogen (secondary N) is 1. The number of thiocarbonyl (C=S) groups is 1. The molecule has 0 bridgehead atoms. The number of carbonyl (C=O) groups is 1. The van der Waals surface area contributed by atoms with Crippen LogP contribution in [0.15, 0.2) is 12.2 Å². The van der Waals surface area contributed by atoms with Gasteiger partial charge < -0.3 is 10.1 Å². The fraction of sp³-hybridized carbons (Fsp3) is 0.429. The summed E-state index contributed by atoms with van der Waals surface area (Å²) in [5, 5.41) is 2.60. The average Bonchev–Trinajstić information content (AvgIpc) is 1.97. The second-order valence-electron chi connectivity index (χ2n) is 1.95. The predicted octanol–water partition coefficient (Wildman–Crippen LogP) is 0.530. The summed E-state index contributed by atoms with van der Waals surface area (Å²) in [6.07, 6.45) is 0. The van der Waals surface area contributed by atoms with Crippen LogP contribution < -0.4 is 5.32 Å². The fourth-order valence-corrected chi connectivity index (χ4v) is 0.471. The van der Waals surface area contributed by atoms with Gasteiger partial charge in [-0.2, -0.15) is 0 Å². The van der Waals surface area contributed by atoms with Crippen LogP contribution in [0.4, 0.5) is 0 Å². The van der Waals surface area contributed by atoms with Gasteiger partial charge in [-0.05, 0) is 6.92 Å². The van der Waals surface area contributed by atoms with Crippen molar-refractivity contribution in [1.29, 1.82) is 0 Å². The van der Waals surface area contributed by atoms with Crippen molar-refractivity contribution in [2.24, 2.45) is 0 Å². The van der Waals surface area contributed by atoms with Crippen molar-refractivity contribution >= 4 is 23.7 Å². The van der Waals surface area contributed by atoms with Crippen LogP contribution in [0.5, 0.6) is 0 Å². The monoisotopic (exact) mass is 172 g/mol. The minimum Gasteiger partial charge on any atom is -0.460 e. The van der Waals surface area contributed by atoms with E-state index in [9.17, 15) is 4.79 Å². The second kappa shape index (κ2) is 5.85. The topological polar surface area (TPSA) is 38.3 Å². The SMILES string of the molecule is C=C(C)C(=O)OCCN[C]=S. The van der Waals surface area contributed by atoms with E-state index in [0.29, 0.717) is 12.1 Å². The second-order valence-corrected chi connectivity index (χ2v) is 2.15. The van der Waals surface area contributed by atoms with Gasteiger partial charge in [-0.25, -0.2) is 4.79 Å². The largest absolute Gasteiger partial charge is 0.460 e. The lowest BCUT2D eigenvalue weighted by Crippen LogP contribution is -2.19. The number of rotatable bonds is 5. The molecule has 0 rings (SSSR count). The molecule has 0 aromatic heterocycles. The first-order chi connectivity index (χ1) is 5.18. The van der Waals surface area contributed by atoms with E-state index in [1.54, 1.807) is 6.92 Å². The summed E-state index contributed by atoms with van der Waals surface area (Å²) in [6.45, 7) is 5.80. The van der Waals surface area contributed by atoms with Crippen LogP contribution in [0.3, 0.4) is 0 Å². The summed E-state index contributed by atoms with van der Waals surface area (Å²) >= 11 is 4.36. The fourth-order valence-electron chi connectivity index (χ4n) is 0.369.